The molecule has 3 heteroatoms. The normalized spacial score (nSPS) is 12.7. The second-order valence-electron chi connectivity index (χ2n) is 4.24. The lowest BCUT2D eigenvalue weighted by atomic mass is 9.97. The molecule has 0 spiro atoms. The summed E-state index contributed by atoms with van der Waals surface area (Å²) in [7, 11) is 0. The number of halogens is 2. The zero-order valence-electron chi connectivity index (χ0n) is 10.5. The fourth-order valence-corrected chi connectivity index (χ4v) is 2.86. The first-order chi connectivity index (χ1) is 8.65. The fourth-order valence-electron chi connectivity index (χ4n) is 2.04. The molecule has 0 bridgehead atoms. The Morgan fingerprint density at radius 3 is 2.50 bits per heavy atom. The molecule has 0 aliphatic heterocycles. The lowest BCUT2D eigenvalue weighted by Gasteiger charge is -2.14. The van der Waals surface area contributed by atoms with Gasteiger partial charge in [0.05, 0.1) is 4.83 Å². The molecule has 1 unspecified atom stereocenters. The summed E-state index contributed by atoms with van der Waals surface area (Å²) < 4.78 is 5.49. The minimum Gasteiger partial charge on any atom is -0.448 e. The summed E-state index contributed by atoms with van der Waals surface area (Å²) in [5, 5.41) is 0.430. The van der Waals surface area contributed by atoms with Gasteiger partial charge < -0.3 is 4.42 Å². The van der Waals surface area contributed by atoms with Crippen molar-refractivity contribution in [3.05, 3.63) is 58.0 Å². The minimum absolute atomic E-state index is 0.0615. The number of benzene rings is 1. The van der Waals surface area contributed by atoms with Crippen molar-refractivity contribution in [2.24, 2.45) is 0 Å². The van der Waals surface area contributed by atoms with Gasteiger partial charge in [0.25, 0.3) is 0 Å². The van der Waals surface area contributed by atoms with E-state index >= 15 is 0 Å². The zero-order chi connectivity index (χ0) is 13.1. The van der Waals surface area contributed by atoms with Crippen LogP contribution < -0.4 is 0 Å². The Balaban J connectivity index is 2.41. The van der Waals surface area contributed by atoms with Crippen molar-refractivity contribution in [1.29, 1.82) is 0 Å². The molecule has 1 atom stereocenters. The van der Waals surface area contributed by atoms with Crippen LogP contribution in [-0.4, -0.2) is 0 Å². The maximum Gasteiger partial charge on any atom is 0.193 e. The van der Waals surface area contributed by atoms with Crippen LogP contribution in [0.2, 0.25) is 5.22 Å². The molecule has 0 aliphatic rings. The van der Waals surface area contributed by atoms with E-state index in [1.807, 2.05) is 6.07 Å². The van der Waals surface area contributed by atoms with Gasteiger partial charge in [0, 0.05) is 0 Å². The highest BCUT2D eigenvalue weighted by molar-refractivity contribution is 9.09. The van der Waals surface area contributed by atoms with E-state index in [0.29, 0.717) is 5.22 Å². The average molecular weight is 328 g/mol. The fraction of sp³-hybridized carbons (Fsp3) is 0.333. The molecule has 18 heavy (non-hydrogen) atoms. The zero-order valence-corrected chi connectivity index (χ0v) is 12.9. The van der Waals surface area contributed by atoms with Crippen molar-refractivity contribution in [2.75, 3.05) is 0 Å². The van der Waals surface area contributed by atoms with Crippen LogP contribution in [0.25, 0.3) is 0 Å². The van der Waals surface area contributed by atoms with Gasteiger partial charge in [-0.15, -0.1) is 0 Å². The maximum atomic E-state index is 5.84. The average Bonchev–Trinajstić information content (AvgIpc) is 2.83. The Labute approximate surface area is 121 Å². The Kier molecular flexibility index (Phi) is 4.52. The van der Waals surface area contributed by atoms with E-state index in [2.05, 4.69) is 48.0 Å². The molecule has 0 radical (unpaired) electrons. The molecule has 96 valence electrons. The van der Waals surface area contributed by atoms with Crippen molar-refractivity contribution < 1.29 is 4.42 Å². The van der Waals surface area contributed by atoms with Gasteiger partial charge >= 0.3 is 0 Å². The number of hydrogen-bond acceptors (Lipinski definition) is 1. The largest absolute Gasteiger partial charge is 0.448 e. The van der Waals surface area contributed by atoms with E-state index in [-0.39, 0.29) is 4.83 Å². The van der Waals surface area contributed by atoms with E-state index in [4.69, 9.17) is 16.0 Å². The molecule has 1 aromatic carbocycles. The van der Waals surface area contributed by atoms with Gasteiger partial charge in [0.1, 0.15) is 5.76 Å². The lowest BCUT2D eigenvalue weighted by Crippen LogP contribution is -1.98. The number of aryl methyl sites for hydroxylation is 2. The number of rotatable bonds is 4. The van der Waals surface area contributed by atoms with Crippen LogP contribution in [0, 0.1) is 0 Å². The molecule has 1 aromatic heterocycles. The summed E-state index contributed by atoms with van der Waals surface area (Å²) in [6.07, 6.45) is 2.05. The molecule has 0 amide bonds. The molecule has 1 heterocycles. The third-order valence-corrected chi connectivity index (χ3v) is 4.26. The number of furan rings is 1. The summed E-state index contributed by atoms with van der Waals surface area (Å²) >= 11 is 9.55. The molecule has 2 rings (SSSR count). The summed E-state index contributed by atoms with van der Waals surface area (Å²) in [4.78, 5) is 0.0615. The van der Waals surface area contributed by atoms with E-state index in [1.165, 1.54) is 16.7 Å². The Morgan fingerprint density at radius 1 is 1.17 bits per heavy atom. The molecule has 0 N–H and O–H groups in total. The monoisotopic (exact) mass is 326 g/mol. The van der Waals surface area contributed by atoms with Gasteiger partial charge in [-0.25, -0.2) is 0 Å². The van der Waals surface area contributed by atoms with Crippen LogP contribution in [0.1, 0.15) is 41.1 Å². The third-order valence-electron chi connectivity index (χ3n) is 3.12. The van der Waals surface area contributed by atoms with E-state index in [1.54, 1.807) is 6.07 Å². The van der Waals surface area contributed by atoms with Crippen LogP contribution in [-0.2, 0) is 12.8 Å². The van der Waals surface area contributed by atoms with Crippen molar-refractivity contribution in [1.82, 2.24) is 0 Å². The first-order valence-electron chi connectivity index (χ1n) is 6.16. The minimum atomic E-state index is 0.0615. The topological polar surface area (TPSA) is 13.1 Å². The summed E-state index contributed by atoms with van der Waals surface area (Å²) in [6, 6.07) is 10.3. The molecule has 0 saturated carbocycles. The van der Waals surface area contributed by atoms with Crippen molar-refractivity contribution >= 4 is 27.5 Å². The first-order valence-corrected chi connectivity index (χ1v) is 7.46. The molecule has 0 aliphatic carbocycles. The molecule has 0 fully saturated rings. The standard InChI is InChI=1S/C15H16BrClO/c1-3-10-5-6-11(4-2)12(9-10)15(16)13-7-8-14(17)18-13/h5-9,15H,3-4H2,1-2H3. The highest BCUT2D eigenvalue weighted by Crippen LogP contribution is 2.35. The van der Waals surface area contributed by atoms with Gasteiger partial charge in [-0.05, 0) is 53.3 Å². The van der Waals surface area contributed by atoms with Crippen LogP contribution >= 0.6 is 27.5 Å². The molecular formula is C15H16BrClO. The second-order valence-corrected chi connectivity index (χ2v) is 5.53. The summed E-state index contributed by atoms with van der Waals surface area (Å²) in [5.41, 5.74) is 3.94. The summed E-state index contributed by atoms with van der Waals surface area (Å²) in [6.45, 7) is 4.33. The lowest BCUT2D eigenvalue weighted by molar-refractivity contribution is 0.521. The maximum absolute atomic E-state index is 5.84. The van der Waals surface area contributed by atoms with Crippen molar-refractivity contribution in [3.8, 4) is 0 Å². The van der Waals surface area contributed by atoms with Gasteiger partial charge in [-0.3, -0.25) is 0 Å². The van der Waals surface area contributed by atoms with Crippen LogP contribution in [0.15, 0.2) is 34.7 Å². The SMILES string of the molecule is CCc1ccc(CC)c(C(Br)c2ccc(Cl)o2)c1. The quantitative estimate of drug-likeness (QED) is 0.672. The van der Waals surface area contributed by atoms with Crippen LogP contribution in [0.4, 0.5) is 0 Å². The highest BCUT2D eigenvalue weighted by atomic mass is 79.9. The van der Waals surface area contributed by atoms with Crippen molar-refractivity contribution in [2.45, 2.75) is 31.5 Å². The predicted molar refractivity (Wildman–Crippen MR) is 79.7 cm³/mol. The van der Waals surface area contributed by atoms with Crippen LogP contribution in [0.3, 0.4) is 0 Å². The van der Waals surface area contributed by atoms with Crippen LogP contribution in [0.5, 0.6) is 0 Å². The Hall–Kier alpha value is -0.730. The smallest absolute Gasteiger partial charge is 0.193 e. The van der Waals surface area contributed by atoms with E-state index in [9.17, 15) is 0 Å². The highest BCUT2D eigenvalue weighted by Gasteiger charge is 2.17. The molecular weight excluding hydrogens is 312 g/mol. The summed E-state index contributed by atoms with van der Waals surface area (Å²) in [5.74, 6) is 0.850. The Morgan fingerprint density at radius 2 is 1.94 bits per heavy atom. The molecule has 1 nitrogen and oxygen atoms in total. The molecule has 2 aromatic rings. The van der Waals surface area contributed by atoms with E-state index in [0.717, 1.165) is 18.6 Å². The number of alkyl halides is 1. The van der Waals surface area contributed by atoms with Crippen molar-refractivity contribution in [3.63, 3.8) is 0 Å². The van der Waals surface area contributed by atoms with Gasteiger partial charge in [0.2, 0.25) is 0 Å². The van der Waals surface area contributed by atoms with E-state index < -0.39 is 0 Å². The van der Waals surface area contributed by atoms with Gasteiger partial charge in [-0.2, -0.15) is 0 Å². The van der Waals surface area contributed by atoms with Gasteiger partial charge in [0.15, 0.2) is 5.22 Å². The van der Waals surface area contributed by atoms with Gasteiger partial charge in [-0.1, -0.05) is 48.0 Å². The number of hydrogen-bond donors (Lipinski definition) is 0. The first kappa shape index (κ1) is 13.7. The second kappa shape index (κ2) is 5.94. The Bertz CT molecular complexity index is 533. The predicted octanol–water partition coefficient (Wildman–Crippen LogP) is 5.54. The third kappa shape index (κ3) is 2.81. The molecule has 0 saturated heterocycles.